The topological polar surface area (TPSA) is 284 Å². The number of aromatic nitrogens is 3. The van der Waals surface area contributed by atoms with E-state index in [1.165, 1.54) is 41.2 Å². The van der Waals surface area contributed by atoms with Crippen LogP contribution in [-0.2, 0) is 39.6 Å². The number of halogens is 6. The molecule has 9 rings (SSSR count). The number of rotatable bonds is 22. The third kappa shape index (κ3) is 14.0. The quantitative estimate of drug-likeness (QED) is 0.0134. The summed E-state index contributed by atoms with van der Waals surface area (Å²) >= 11 is 0. The predicted molar refractivity (Wildman–Crippen MR) is 335 cm³/mol. The first-order chi connectivity index (χ1) is 43.8. The van der Waals surface area contributed by atoms with Crippen LogP contribution in [0.2, 0.25) is 0 Å². The standard InChI is InChI=1S/C67H64F6N10O9/c1-36-22-41(29-48(24-36)82-53-33-46(66(68,69)70)16-17-50(53)59(63(82)90)38(3)75-78-56(87)14-9-10-19-84)26-44-32-51-54(34-52(44)67(71,72)73)83(64(91)60(51)39(4)76-80-58(89)18-21-86)49-25-37(2)23-42(30-49)27-45-28-43(35-74)31-55-62(45)61(40(5)77-79-57(88)15-11-20-85)65(92)81(55)47-12-7-6-8-13-47/h6-8,12-13,16-17,22-25,28-34,84-86,90-92H,9-11,14-15,18-21,26-27H2,1-5H3,(H,78,87)(H,79,88)(H,80,89). The van der Waals surface area contributed by atoms with Gasteiger partial charge in [0.1, 0.15) is 0 Å². The van der Waals surface area contributed by atoms with Crippen LogP contribution >= 0.6 is 0 Å². The van der Waals surface area contributed by atoms with Gasteiger partial charge in [0.15, 0.2) is 0 Å². The molecule has 0 aliphatic heterocycles. The van der Waals surface area contributed by atoms with E-state index in [0.29, 0.717) is 51.7 Å². The summed E-state index contributed by atoms with van der Waals surface area (Å²) in [5, 5.41) is 88.2. The van der Waals surface area contributed by atoms with Gasteiger partial charge in [-0.2, -0.15) is 46.9 Å². The van der Waals surface area contributed by atoms with E-state index in [-0.39, 0.29) is 135 Å². The number of aliphatic hydroxyl groups is 3. The number of para-hydroxylation sites is 1. The van der Waals surface area contributed by atoms with E-state index in [2.05, 4.69) is 37.7 Å². The van der Waals surface area contributed by atoms with Gasteiger partial charge in [-0.1, -0.05) is 36.4 Å². The minimum atomic E-state index is -5.08. The van der Waals surface area contributed by atoms with Crippen LogP contribution in [0.25, 0.3) is 49.8 Å². The lowest BCUT2D eigenvalue weighted by Crippen LogP contribution is -2.20. The third-order valence-electron chi connectivity index (χ3n) is 15.4. The highest BCUT2D eigenvalue weighted by Crippen LogP contribution is 2.45. The number of aliphatic hydroxyl groups excluding tert-OH is 3. The Hall–Kier alpha value is -10.3. The van der Waals surface area contributed by atoms with Crippen molar-refractivity contribution in [3.63, 3.8) is 0 Å². The highest BCUT2D eigenvalue weighted by atomic mass is 19.4. The van der Waals surface area contributed by atoms with E-state index in [1.807, 2.05) is 0 Å². The summed E-state index contributed by atoms with van der Waals surface area (Å²) in [5.41, 5.74) is 7.90. The second-order valence-electron chi connectivity index (χ2n) is 22.2. The molecule has 0 spiro atoms. The van der Waals surface area contributed by atoms with Crippen molar-refractivity contribution in [2.45, 2.75) is 98.3 Å². The zero-order valence-electron chi connectivity index (χ0n) is 50.5. The van der Waals surface area contributed by atoms with Gasteiger partial charge in [0, 0.05) is 59.3 Å². The summed E-state index contributed by atoms with van der Waals surface area (Å²) in [7, 11) is 0. The van der Waals surface area contributed by atoms with Crippen LogP contribution in [0.5, 0.6) is 17.6 Å². The highest BCUT2D eigenvalue weighted by Gasteiger charge is 2.37. The molecule has 0 saturated heterocycles. The number of alkyl halides is 6. The van der Waals surface area contributed by atoms with Crippen LogP contribution in [-0.4, -0.2) is 99.0 Å². The normalized spacial score (nSPS) is 12.5. The minimum Gasteiger partial charge on any atom is -0.494 e. The number of nitriles is 1. The predicted octanol–water partition coefficient (Wildman–Crippen LogP) is 11.2. The summed E-state index contributed by atoms with van der Waals surface area (Å²) in [6.07, 6.45) is -9.95. The maximum Gasteiger partial charge on any atom is 0.416 e. The van der Waals surface area contributed by atoms with E-state index >= 15 is 13.2 Å². The fourth-order valence-electron chi connectivity index (χ4n) is 11.4. The first kappa shape index (κ1) is 66.1. The number of nitrogens with one attached hydrogen (secondary N) is 3. The summed E-state index contributed by atoms with van der Waals surface area (Å²) < 4.78 is 94.7. The Morgan fingerprint density at radius 1 is 0.511 bits per heavy atom. The number of carbonyl (C=O) groups excluding carboxylic acids is 3. The fraction of sp³-hybridized carbons (Fsp3) is 0.269. The molecule has 0 saturated carbocycles. The average molecular weight is 1270 g/mol. The van der Waals surface area contributed by atoms with Crippen molar-refractivity contribution >= 4 is 67.6 Å². The van der Waals surface area contributed by atoms with E-state index in [4.69, 9.17) is 5.11 Å². The van der Waals surface area contributed by atoms with Gasteiger partial charge in [0.05, 0.1) is 86.2 Å². The molecule has 0 aliphatic rings. The molecule has 9 N–H and O–H groups in total. The van der Waals surface area contributed by atoms with Crippen molar-refractivity contribution < 1.29 is 71.4 Å². The lowest BCUT2D eigenvalue weighted by atomic mass is 9.94. The Morgan fingerprint density at radius 2 is 1.01 bits per heavy atom. The van der Waals surface area contributed by atoms with Crippen LogP contribution in [0, 0.1) is 25.2 Å². The third-order valence-corrected chi connectivity index (χ3v) is 15.4. The molecule has 9 aromatic rings. The molecular formula is C67H64F6N10O9. The van der Waals surface area contributed by atoms with E-state index < -0.39 is 66.0 Å². The SMILES string of the molecule is CC(=NNC(=O)CCO)c1c(O)n(-c2cc(C)cc(Cc3cc(C#N)cc4c3c(C(C)=NNC(=O)CCCO)c(O)n4-c3ccccc3)c2)c2cc(C(F)(F)F)c(Cc3cc(C)cc(-n4c(O)c(C(C)=NNC(=O)CCCCO)c5ccc(C(F)(F)F)cc54)c3)cc12. The first-order valence-corrected chi connectivity index (χ1v) is 29.1. The molecule has 92 heavy (non-hydrogen) atoms. The molecule has 3 heterocycles. The summed E-state index contributed by atoms with van der Waals surface area (Å²) in [5.74, 6) is -3.22. The number of hydrogen-bond donors (Lipinski definition) is 9. The molecule has 0 aliphatic carbocycles. The first-order valence-electron chi connectivity index (χ1n) is 29.1. The highest BCUT2D eigenvalue weighted by molar-refractivity contribution is 6.15. The van der Waals surface area contributed by atoms with Crippen molar-refractivity contribution in [3.8, 4) is 40.8 Å². The average Bonchev–Trinajstić information content (AvgIpc) is 1.60. The van der Waals surface area contributed by atoms with Gasteiger partial charge >= 0.3 is 12.4 Å². The molecule has 6 aromatic carbocycles. The Kier molecular flexibility index (Phi) is 19.7. The Bertz CT molecular complexity index is 4500. The fourth-order valence-corrected chi connectivity index (χ4v) is 11.4. The summed E-state index contributed by atoms with van der Waals surface area (Å²) in [6, 6.07) is 28.5. The van der Waals surface area contributed by atoms with Crippen molar-refractivity contribution in [1.29, 1.82) is 5.26 Å². The van der Waals surface area contributed by atoms with Crippen molar-refractivity contribution in [2.24, 2.45) is 15.3 Å². The van der Waals surface area contributed by atoms with Crippen LogP contribution < -0.4 is 16.3 Å². The lowest BCUT2D eigenvalue weighted by Gasteiger charge is -2.17. The molecule has 0 fully saturated rings. The molecule has 25 heteroatoms. The van der Waals surface area contributed by atoms with Crippen LogP contribution in [0.1, 0.15) is 126 Å². The largest absolute Gasteiger partial charge is 0.494 e. The number of carbonyl (C=O) groups is 3. The number of fused-ring (bicyclic) bond motifs is 3. The Balaban J connectivity index is 1.21. The van der Waals surface area contributed by atoms with Crippen LogP contribution in [0.3, 0.4) is 0 Å². The number of benzene rings is 6. The van der Waals surface area contributed by atoms with Gasteiger partial charge in [0.25, 0.3) is 0 Å². The number of nitrogens with zero attached hydrogens (tertiary/aromatic N) is 7. The van der Waals surface area contributed by atoms with Crippen molar-refractivity contribution in [3.05, 3.63) is 176 Å². The van der Waals surface area contributed by atoms with Crippen molar-refractivity contribution in [2.75, 3.05) is 19.8 Å². The number of aryl methyl sites for hydroxylation is 2. The number of hydrogen-bond acceptors (Lipinski definition) is 13. The van der Waals surface area contributed by atoms with E-state index in [0.717, 1.165) is 28.8 Å². The second-order valence-corrected chi connectivity index (χ2v) is 22.2. The van der Waals surface area contributed by atoms with Gasteiger partial charge in [-0.3, -0.25) is 28.1 Å². The van der Waals surface area contributed by atoms with Gasteiger partial charge < -0.3 is 30.6 Å². The van der Waals surface area contributed by atoms with Gasteiger partial charge in [-0.05, 0) is 173 Å². The lowest BCUT2D eigenvalue weighted by molar-refractivity contribution is -0.138. The Labute approximate surface area is 522 Å². The summed E-state index contributed by atoms with van der Waals surface area (Å²) in [4.78, 5) is 37.9. The van der Waals surface area contributed by atoms with Crippen LogP contribution in [0.4, 0.5) is 26.3 Å². The van der Waals surface area contributed by atoms with E-state index in [1.54, 1.807) is 87.5 Å². The van der Waals surface area contributed by atoms with Crippen molar-refractivity contribution in [1.82, 2.24) is 30.0 Å². The zero-order valence-corrected chi connectivity index (χ0v) is 50.5. The zero-order chi connectivity index (χ0) is 66.5. The van der Waals surface area contributed by atoms with Gasteiger partial charge in [-0.15, -0.1) is 0 Å². The molecule has 0 unspecified atom stereocenters. The molecule has 0 radical (unpaired) electrons. The molecule has 0 atom stereocenters. The van der Waals surface area contributed by atoms with Gasteiger partial charge in [-0.25, -0.2) is 16.3 Å². The van der Waals surface area contributed by atoms with Crippen LogP contribution in [0.15, 0.2) is 124 Å². The number of unbranched alkanes of at least 4 members (excludes halogenated alkanes) is 1. The molecule has 19 nitrogen and oxygen atoms in total. The Morgan fingerprint density at radius 3 is 1.54 bits per heavy atom. The molecule has 3 amide bonds. The van der Waals surface area contributed by atoms with Gasteiger partial charge in [0.2, 0.25) is 35.4 Å². The molecule has 3 aromatic heterocycles. The second kappa shape index (κ2) is 27.4. The number of aromatic hydroxyl groups is 3. The van der Waals surface area contributed by atoms with E-state index in [9.17, 15) is 58.3 Å². The summed E-state index contributed by atoms with van der Waals surface area (Å²) in [6.45, 7) is 6.82. The number of hydrazone groups is 3. The number of amides is 3. The molecule has 478 valence electrons. The smallest absolute Gasteiger partial charge is 0.416 e. The maximum atomic E-state index is 15.9. The monoisotopic (exact) mass is 1270 g/mol. The molecular weight excluding hydrogens is 1200 g/mol. The minimum absolute atomic E-state index is 0.00223. The maximum absolute atomic E-state index is 15.9. The molecule has 0 bridgehead atoms.